The number of rotatable bonds is 2. The normalized spacial score (nSPS) is 21.7. The number of benzene rings is 2. The van der Waals surface area contributed by atoms with Crippen molar-refractivity contribution >= 4 is 26.3 Å². The topological polar surface area (TPSA) is 66.4 Å². The van der Waals surface area contributed by atoms with Crippen LogP contribution in [0.5, 0.6) is 5.75 Å². The van der Waals surface area contributed by atoms with Crippen molar-refractivity contribution in [2.75, 3.05) is 16.8 Å². The summed E-state index contributed by atoms with van der Waals surface area (Å²) in [6.45, 7) is 0. The molecular weight excluding hydrogens is 274 g/mol. The molecule has 1 aliphatic heterocycles. The lowest BCUT2D eigenvalue weighted by atomic mass is 10.1. The van der Waals surface area contributed by atoms with Gasteiger partial charge in [-0.25, -0.2) is 8.42 Å². The smallest absolute Gasteiger partial charge is 0.152 e. The van der Waals surface area contributed by atoms with E-state index in [1.807, 2.05) is 24.3 Å². The summed E-state index contributed by atoms with van der Waals surface area (Å²) in [7, 11) is -2.93. The van der Waals surface area contributed by atoms with Gasteiger partial charge < -0.3 is 10.4 Å². The van der Waals surface area contributed by atoms with E-state index in [0.717, 1.165) is 22.9 Å². The molecule has 1 atom stereocenters. The second-order valence-electron chi connectivity index (χ2n) is 5.28. The second-order valence-corrected chi connectivity index (χ2v) is 7.50. The molecule has 1 saturated heterocycles. The van der Waals surface area contributed by atoms with Crippen molar-refractivity contribution < 1.29 is 13.5 Å². The molecule has 1 aliphatic rings. The Bertz CT molecular complexity index is 740. The van der Waals surface area contributed by atoms with Crippen molar-refractivity contribution in [3.63, 3.8) is 0 Å². The average molecular weight is 291 g/mol. The molecule has 0 amide bonds. The molecule has 20 heavy (non-hydrogen) atoms. The summed E-state index contributed by atoms with van der Waals surface area (Å²) in [5.41, 5.74) is 0.875. The quantitative estimate of drug-likeness (QED) is 0.892. The molecule has 1 fully saturated rings. The molecule has 2 N–H and O–H groups in total. The molecule has 2 aromatic carbocycles. The fourth-order valence-corrected chi connectivity index (χ4v) is 4.41. The molecule has 0 aromatic heterocycles. The van der Waals surface area contributed by atoms with E-state index < -0.39 is 9.84 Å². The van der Waals surface area contributed by atoms with Crippen LogP contribution < -0.4 is 5.32 Å². The lowest BCUT2D eigenvalue weighted by Gasteiger charge is -2.24. The average Bonchev–Trinajstić information content (AvgIpc) is 2.39. The predicted octanol–water partition coefficient (Wildman–Crippen LogP) is 2.53. The molecule has 106 valence electrons. The minimum atomic E-state index is -2.93. The van der Waals surface area contributed by atoms with Crippen LogP contribution in [0.25, 0.3) is 10.8 Å². The Labute approximate surface area is 118 Å². The van der Waals surface area contributed by atoms with Gasteiger partial charge in [0.25, 0.3) is 0 Å². The van der Waals surface area contributed by atoms with Gasteiger partial charge in [-0.15, -0.1) is 0 Å². The number of aromatic hydroxyl groups is 1. The summed E-state index contributed by atoms with van der Waals surface area (Å²) in [6, 6.07) is 11.0. The van der Waals surface area contributed by atoms with Crippen molar-refractivity contribution in [2.24, 2.45) is 0 Å². The fraction of sp³-hybridized carbons (Fsp3) is 0.333. The summed E-state index contributed by atoms with van der Waals surface area (Å²) in [5.74, 6) is 0.714. The van der Waals surface area contributed by atoms with Gasteiger partial charge in [0.2, 0.25) is 0 Å². The first-order valence-electron chi connectivity index (χ1n) is 6.73. The Hall–Kier alpha value is -1.75. The zero-order chi connectivity index (χ0) is 14.2. The first kappa shape index (κ1) is 13.2. The van der Waals surface area contributed by atoms with Gasteiger partial charge in [-0.2, -0.15) is 0 Å². The van der Waals surface area contributed by atoms with E-state index in [2.05, 4.69) is 5.32 Å². The van der Waals surface area contributed by atoms with Crippen LogP contribution in [0.4, 0.5) is 5.69 Å². The third-order valence-electron chi connectivity index (χ3n) is 3.72. The van der Waals surface area contributed by atoms with E-state index in [-0.39, 0.29) is 17.5 Å². The molecule has 0 spiro atoms. The van der Waals surface area contributed by atoms with E-state index in [0.29, 0.717) is 12.2 Å². The third kappa shape index (κ3) is 2.58. The molecule has 4 nitrogen and oxygen atoms in total. The van der Waals surface area contributed by atoms with Gasteiger partial charge in [-0.05, 0) is 25.0 Å². The maximum absolute atomic E-state index is 11.7. The van der Waals surface area contributed by atoms with Crippen LogP contribution in [0.3, 0.4) is 0 Å². The number of fused-ring (bicyclic) bond motifs is 1. The molecule has 1 unspecified atom stereocenters. The zero-order valence-electron chi connectivity index (χ0n) is 11.0. The largest absolute Gasteiger partial charge is 0.507 e. The molecule has 1 heterocycles. The Morgan fingerprint density at radius 1 is 1.10 bits per heavy atom. The monoisotopic (exact) mass is 291 g/mol. The Morgan fingerprint density at radius 2 is 1.85 bits per heavy atom. The minimum Gasteiger partial charge on any atom is -0.507 e. The zero-order valence-corrected chi connectivity index (χ0v) is 11.9. The van der Waals surface area contributed by atoms with Crippen LogP contribution in [-0.2, 0) is 9.84 Å². The van der Waals surface area contributed by atoms with Gasteiger partial charge >= 0.3 is 0 Å². The van der Waals surface area contributed by atoms with Crippen LogP contribution in [-0.4, -0.2) is 31.1 Å². The maximum atomic E-state index is 11.7. The van der Waals surface area contributed by atoms with Crippen LogP contribution in [0.1, 0.15) is 12.8 Å². The van der Waals surface area contributed by atoms with Gasteiger partial charge in [-0.1, -0.05) is 24.3 Å². The summed E-state index contributed by atoms with van der Waals surface area (Å²) >= 11 is 0. The van der Waals surface area contributed by atoms with Crippen molar-refractivity contribution in [1.29, 1.82) is 0 Å². The molecule has 2 aromatic rings. The summed E-state index contributed by atoms with van der Waals surface area (Å²) in [4.78, 5) is 0. The van der Waals surface area contributed by atoms with Crippen LogP contribution in [0, 0.1) is 0 Å². The number of hydrogen-bond donors (Lipinski definition) is 2. The van der Waals surface area contributed by atoms with E-state index in [1.165, 1.54) is 0 Å². The first-order valence-corrected chi connectivity index (χ1v) is 8.55. The lowest BCUT2D eigenvalue weighted by molar-refractivity contribution is 0.481. The highest BCUT2D eigenvalue weighted by molar-refractivity contribution is 7.91. The Balaban J connectivity index is 1.93. The Kier molecular flexibility index (Phi) is 3.30. The summed E-state index contributed by atoms with van der Waals surface area (Å²) in [6.07, 6.45) is 1.56. The number of sulfone groups is 1. The van der Waals surface area contributed by atoms with Crippen molar-refractivity contribution in [3.05, 3.63) is 36.4 Å². The van der Waals surface area contributed by atoms with Gasteiger partial charge in [0.1, 0.15) is 5.75 Å². The third-order valence-corrected chi connectivity index (χ3v) is 5.54. The highest BCUT2D eigenvalue weighted by atomic mass is 32.2. The van der Waals surface area contributed by atoms with Crippen molar-refractivity contribution in [2.45, 2.75) is 18.9 Å². The first-order chi connectivity index (χ1) is 9.55. The molecule has 5 heteroatoms. The van der Waals surface area contributed by atoms with Crippen LogP contribution >= 0.6 is 0 Å². The highest BCUT2D eigenvalue weighted by Crippen LogP contribution is 2.31. The number of phenolic OH excluding ortho intramolecular Hbond substituents is 1. The lowest BCUT2D eigenvalue weighted by Crippen LogP contribution is -2.34. The number of nitrogens with one attached hydrogen (secondary N) is 1. The number of anilines is 1. The van der Waals surface area contributed by atoms with Crippen LogP contribution in [0.15, 0.2) is 36.4 Å². The standard InChI is InChI=1S/C15H17NO3S/c17-15-8-2-5-12-13(15)6-1-7-14(12)16-11-4-3-9-20(18,19)10-11/h1-2,5-8,11,16-17H,3-4,9-10H2. The number of phenols is 1. The van der Waals surface area contributed by atoms with Gasteiger partial charge in [-0.3, -0.25) is 0 Å². The van der Waals surface area contributed by atoms with Crippen LogP contribution in [0.2, 0.25) is 0 Å². The maximum Gasteiger partial charge on any atom is 0.152 e. The second kappa shape index (κ2) is 4.98. The minimum absolute atomic E-state index is 0.0540. The molecule has 0 saturated carbocycles. The highest BCUT2D eigenvalue weighted by Gasteiger charge is 2.24. The predicted molar refractivity (Wildman–Crippen MR) is 80.9 cm³/mol. The van der Waals surface area contributed by atoms with Gasteiger partial charge in [0.05, 0.1) is 11.5 Å². The van der Waals surface area contributed by atoms with E-state index in [9.17, 15) is 13.5 Å². The van der Waals surface area contributed by atoms with Crippen molar-refractivity contribution in [3.8, 4) is 5.75 Å². The SMILES string of the molecule is O=S1(=O)CCCC(Nc2cccc3c(O)cccc23)C1. The van der Waals surface area contributed by atoms with E-state index in [4.69, 9.17) is 0 Å². The van der Waals surface area contributed by atoms with Gasteiger partial charge in [0.15, 0.2) is 9.84 Å². The van der Waals surface area contributed by atoms with Gasteiger partial charge in [0, 0.05) is 22.5 Å². The molecule has 3 rings (SSSR count). The summed E-state index contributed by atoms with van der Waals surface area (Å²) in [5, 5.41) is 14.9. The summed E-state index contributed by atoms with van der Waals surface area (Å²) < 4.78 is 23.4. The molecule has 0 bridgehead atoms. The van der Waals surface area contributed by atoms with Crippen molar-refractivity contribution in [1.82, 2.24) is 0 Å². The van der Waals surface area contributed by atoms with E-state index >= 15 is 0 Å². The molecular formula is C15H17NO3S. The molecule has 0 aliphatic carbocycles. The molecule has 0 radical (unpaired) electrons. The Morgan fingerprint density at radius 3 is 2.65 bits per heavy atom. The number of hydrogen-bond acceptors (Lipinski definition) is 4. The fourth-order valence-electron chi connectivity index (χ4n) is 2.78. The van der Waals surface area contributed by atoms with E-state index in [1.54, 1.807) is 12.1 Å².